The molecule has 0 unspecified atom stereocenters. The molecule has 2 heterocycles. The predicted octanol–water partition coefficient (Wildman–Crippen LogP) is 4.82. The standard InChI is InChI=1S/C17H12ClNO2/c1-19-9-13-12-8-10(18)6-7-15(12)21-14-5-3-2-4-11(14)16(13)17(19)20/h2-9,20H,1H3. The number of fused-ring (bicyclic) bond motifs is 5. The van der Waals surface area contributed by atoms with E-state index in [1.54, 1.807) is 10.6 Å². The van der Waals surface area contributed by atoms with Gasteiger partial charge in [0.15, 0.2) is 5.88 Å². The molecule has 0 amide bonds. The monoisotopic (exact) mass is 297 g/mol. The molecule has 1 aliphatic rings. The number of aryl methyl sites for hydroxylation is 1. The number of rotatable bonds is 0. The van der Waals surface area contributed by atoms with Gasteiger partial charge in [0.05, 0.1) is 5.56 Å². The van der Waals surface area contributed by atoms with Crippen LogP contribution >= 0.6 is 11.6 Å². The van der Waals surface area contributed by atoms with Crippen molar-refractivity contribution in [2.24, 2.45) is 7.05 Å². The third-order valence-corrected chi connectivity index (χ3v) is 3.99. The molecule has 2 aromatic carbocycles. The summed E-state index contributed by atoms with van der Waals surface area (Å²) in [4.78, 5) is 0. The van der Waals surface area contributed by atoms with Crippen molar-refractivity contribution in [3.05, 3.63) is 53.7 Å². The highest BCUT2D eigenvalue weighted by molar-refractivity contribution is 6.31. The molecule has 0 spiro atoms. The van der Waals surface area contributed by atoms with Gasteiger partial charge in [0.25, 0.3) is 0 Å². The zero-order valence-corrected chi connectivity index (χ0v) is 12.1. The van der Waals surface area contributed by atoms with Crippen molar-refractivity contribution in [1.29, 1.82) is 0 Å². The van der Waals surface area contributed by atoms with Crippen LogP contribution in [0.3, 0.4) is 0 Å². The fraction of sp³-hybridized carbons (Fsp3) is 0.0588. The molecule has 21 heavy (non-hydrogen) atoms. The smallest absolute Gasteiger partial charge is 0.199 e. The summed E-state index contributed by atoms with van der Waals surface area (Å²) in [6.07, 6.45) is 1.89. The number of aromatic hydroxyl groups is 1. The second-order valence-corrected chi connectivity index (χ2v) is 5.53. The Morgan fingerprint density at radius 3 is 2.62 bits per heavy atom. The van der Waals surface area contributed by atoms with Gasteiger partial charge < -0.3 is 14.4 Å². The molecular formula is C17H12ClNO2. The van der Waals surface area contributed by atoms with Crippen molar-refractivity contribution in [3.63, 3.8) is 0 Å². The molecule has 0 fully saturated rings. The van der Waals surface area contributed by atoms with Crippen molar-refractivity contribution >= 4 is 11.6 Å². The van der Waals surface area contributed by atoms with E-state index in [1.807, 2.05) is 49.6 Å². The summed E-state index contributed by atoms with van der Waals surface area (Å²) in [5.74, 6) is 1.67. The van der Waals surface area contributed by atoms with Crippen LogP contribution in [0, 0.1) is 0 Å². The number of halogens is 1. The summed E-state index contributed by atoms with van der Waals surface area (Å²) >= 11 is 6.13. The first-order valence-electron chi connectivity index (χ1n) is 6.60. The topological polar surface area (TPSA) is 34.4 Å². The van der Waals surface area contributed by atoms with Crippen LogP contribution in [-0.2, 0) is 7.05 Å². The van der Waals surface area contributed by atoms with Crippen LogP contribution in [-0.4, -0.2) is 9.67 Å². The molecule has 3 nitrogen and oxygen atoms in total. The normalized spacial score (nSPS) is 11.9. The number of benzene rings is 2. The second kappa shape index (κ2) is 4.30. The SMILES string of the molecule is Cn1cc2c(c1O)-c1ccccc1Oc1ccc(Cl)cc1-2. The Balaban J connectivity index is 2.15. The number of aromatic nitrogens is 1. The summed E-state index contributed by atoms with van der Waals surface area (Å²) in [5.41, 5.74) is 3.44. The minimum Gasteiger partial charge on any atom is -0.494 e. The quantitative estimate of drug-likeness (QED) is 0.505. The van der Waals surface area contributed by atoms with Crippen molar-refractivity contribution in [3.8, 4) is 39.6 Å². The average molecular weight is 298 g/mol. The third-order valence-electron chi connectivity index (χ3n) is 3.76. The number of ether oxygens (including phenoxy) is 1. The predicted molar refractivity (Wildman–Crippen MR) is 83.0 cm³/mol. The maximum absolute atomic E-state index is 10.4. The maximum atomic E-state index is 10.4. The Bertz CT molecular complexity index is 867. The van der Waals surface area contributed by atoms with Crippen molar-refractivity contribution in [1.82, 2.24) is 4.57 Å². The fourth-order valence-corrected chi connectivity index (χ4v) is 2.94. The summed E-state index contributed by atoms with van der Waals surface area (Å²) in [7, 11) is 1.82. The first kappa shape index (κ1) is 12.4. The van der Waals surface area contributed by atoms with E-state index < -0.39 is 0 Å². The summed E-state index contributed by atoms with van der Waals surface area (Å²) in [6, 6.07) is 13.2. The largest absolute Gasteiger partial charge is 0.494 e. The average Bonchev–Trinajstić information content (AvgIpc) is 2.70. The van der Waals surface area contributed by atoms with Crippen LogP contribution in [0.2, 0.25) is 5.02 Å². The van der Waals surface area contributed by atoms with Crippen molar-refractivity contribution < 1.29 is 9.84 Å². The van der Waals surface area contributed by atoms with Gasteiger partial charge in [0.2, 0.25) is 0 Å². The Morgan fingerprint density at radius 1 is 1.00 bits per heavy atom. The van der Waals surface area contributed by atoms with Crippen LogP contribution < -0.4 is 4.74 Å². The highest BCUT2D eigenvalue weighted by Crippen LogP contribution is 2.50. The van der Waals surface area contributed by atoms with Crippen LogP contribution in [0.15, 0.2) is 48.7 Å². The maximum Gasteiger partial charge on any atom is 0.199 e. The van der Waals surface area contributed by atoms with Gasteiger partial charge in [-0.1, -0.05) is 29.8 Å². The molecule has 4 heteroatoms. The molecular weight excluding hydrogens is 286 g/mol. The van der Waals surface area contributed by atoms with E-state index in [9.17, 15) is 5.11 Å². The lowest BCUT2D eigenvalue weighted by Crippen LogP contribution is -1.88. The Kier molecular flexibility index (Phi) is 2.53. The molecule has 0 saturated heterocycles. The lowest BCUT2D eigenvalue weighted by Gasteiger charge is -2.09. The van der Waals surface area contributed by atoms with Gasteiger partial charge in [-0.3, -0.25) is 0 Å². The van der Waals surface area contributed by atoms with E-state index in [0.717, 1.165) is 33.8 Å². The number of hydrogen-bond acceptors (Lipinski definition) is 2. The Hall–Kier alpha value is -2.39. The van der Waals surface area contributed by atoms with Gasteiger partial charge >= 0.3 is 0 Å². The summed E-state index contributed by atoms with van der Waals surface area (Å²) in [6.45, 7) is 0. The lowest BCUT2D eigenvalue weighted by molar-refractivity contribution is 0.433. The summed E-state index contributed by atoms with van der Waals surface area (Å²) < 4.78 is 7.72. The molecule has 0 bridgehead atoms. The van der Waals surface area contributed by atoms with Gasteiger partial charge in [-0.05, 0) is 24.3 Å². The highest BCUT2D eigenvalue weighted by atomic mass is 35.5. The molecule has 1 N–H and O–H groups in total. The van der Waals surface area contributed by atoms with E-state index >= 15 is 0 Å². The van der Waals surface area contributed by atoms with Gasteiger partial charge in [-0.25, -0.2) is 0 Å². The van der Waals surface area contributed by atoms with Crippen LogP contribution in [0.25, 0.3) is 22.3 Å². The minimum absolute atomic E-state index is 0.217. The second-order valence-electron chi connectivity index (χ2n) is 5.09. The highest BCUT2D eigenvalue weighted by Gasteiger charge is 2.25. The van der Waals surface area contributed by atoms with Crippen molar-refractivity contribution in [2.45, 2.75) is 0 Å². The molecule has 104 valence electrons. The van der Waals surface area contributed by atoms with Gasteiger partial charge in [0, 0.05) is 35.0 Å². The van der Waals surface area contributed by atoms with E-state index in [0.29, 0.717) is 5.02 Å². The number of hydrogen-bond donors (Lipinski definition) is 1. The van der Waals surface area contributed by atoms with Gasteiger partial charge in [-0.2, -0.15) is 0 Å². The molecule has 0 radical (unpaired) electrons. The van der Waals surface area contributed by atoms with Crippen LogP contribution in [0.5, 0.6) is 17.4 Å². The first-order valence-corrected chi connectivity index (χ1v) is 6.98. The van der Waals surface area contributed by atoms with E-state index in [1.165, 1.54) is 0 Å². The zero-order chi connectivity index (χ0) is 14.6. The zero-order valence-electron chi connectivity index (χ0n) is 11.3. The number of para-hydroxylation sites is 1. The molecule has 0 saturated carbocycles. The minimum atomic E-state index is 0.217. The van der Waals surface area contributed by atoms with Crippen LogP contribution in [0.4, 0.5) is 0 Å². The summed E-state index contributed by atoms with van der Waals surface area (Å²) in [5, 5.41) is 11.1. The molecule has 1 aliphatic heterocycles. The Morgan fingerprint density at radius 2 is 1.76 bits per heavy atom. The lowest BCUT2D eigenvalue weighted by atomic mass is 9.99. The molecule has 0 aliphatic carbocycles. The van der Waals surface area contributed by atoms with E-state index in [2.05, 4.69) is 0 Å². The van der Waals surface area contributed by atoms with Gasteiger partial charge in [-0.15, -0.1) is 0 Å². The van der Waals surface area contributed by atoms with Crippen molar-refractivity contribution in [2.75, 3.05) is 0 Å². The van der Waals surface area contributed by atoms with Crippen LogP contribution in [0.1, 0.15) is 0 Å². The van der Waals surface area contributed by atoms with E-state index in [-0.39, 0.29) is 5.88 Å². The van der Waals surface area contributed by atoms with E-state index in [4.69, 9.17) is 16.3 Å². The third kappa shape index (κ3) is 1.74. The molecule has 3 aromatic rings. The Labute approximate surface area is 127 Å². The fourth-order valence-electron chi connectivity index (χ4n) is 2.77. The first-order chi connectivity index (χ1) is 10.1. The molecule has 4 rings (SSSR count). The molecule has 1 aromatic heterocycles. The van der Waals surface area contributed by atoms with Gasteiger partial charge in [0.1, 0.15) is 11.5 Å². The number of nitrogens with zero attached hydrogens (tertiary/aromatic N) is 1. The molecule has 0 atom stereocenters.